The average molecular weight is 423 g/mol. The van der Waals surface area contributed by atoms with Gasteiger partial charge in [0.15, 0.2) is 4.77 Å². The zero-order chi connectivity index (χ0) is 17.6. The van der Waals surface area contributed by atoms with Crippen molar-refractivity contribution in [3.05, 3.63) is 38.8 Å². The van der Waals surface area contributed by atoms with Crippen molar-refractivity contribution in [3.8, 4) is 5.75 Å². The molecule has 4 rings (SSSR count). The van der Waals surface area contributed by atoms with Gasteiger partial charge < -0.3 is 9.30 Å². The maximum absolute atomic E-state index is 5.73. The van der Waals surface area contributed by atoms with Gasteiger partial charge >= 0.3 is 0 Å². The van der Waals surface area contributed by atoms with Gasteiger partial charge in [-0.05, 0) is 63.1 Å². The van der Waals surface area contributed by atoms with E-state index in [0.717, 1.165) is 27.1 Å². The fourth-order valence-corrected chi connectivity index (χ4v) is 4.01. The third-order valence-electron chi connectivity index (χ3n) is 4.81. The summed E-state index contributed by atoms with van der Waals surface area (Å²) in [4.78, 5) is 2.22. The van der Waals surface area contributed by atoms with Gasteiger partial charge in [0.2, 0.25) is 0 Å². The van der Waals surface area contributed by atoms with Crippen LogP contribution in [0.4, 0.5) is 0 Å². The second-order valence-electron chi connectivity index (χ2n) is 7.13. The first-order valence-corrected chi connectivity index (χ1v) is 9.97. The Kier molecular flexibility index (Phi) is 4.73. The molecular formula is C18H23BrN4OS. The van der Waals surface area contributed by atoms with E-state index in [1.54, 1.807) is 7.11 Å². The van der Waals surface area contributed by atoms with Crippen LogP contribution in [-0.4, -0.2) is 33.4 Å². The number of rotatable bonds is 7. The third-order valence-corrected chi connectivity index (χ3v) is 5.71. The van der Waals surface area contributed by atoms with E-state index in [1.807, 2.05) is 16.8 Å². The van der Waals surface area contributed by atoms with Gasteiger partial charge in [0.05, 0.1) is 13.8 Å². The van der Waals surface area contributed by atoms with Crippen molar-refractivity contribution in [1.82, 2.24) is 19.2 Å². The molecule has 25 heavy (non-hydrogen) atoms. The fourth-order valence-electron chi connectivity index (χ4n) is 3.27. The van der Waals surface area contributed by atoms with Crippen LogP contribution in [0.1, 0.15) is 49.0 Å². The Balaban J connectivity index is 1.53. The largest absolute Gasteiger partial charge is 0.496 e. The van der Waals surface area contributed by atoms with Gasteiger partial charge in [-0.3, -0.25) is 4.90 Å². The van der Waals surface area contributed by atoms with Gasteiger partial charge in [0.25, 0.3) is 0 Å². The summed E-state index contributed by atoms with van der Waals surface area (Å²) < 4.78 is 11.7. The summed E-state index contributed by atoms with van der Waals surface area (Å²) in [5.74, 6) is 2.74. The van der Waals surface area contributed by atoms with Crippen molar-refractivity contribution in [2.75, 3.05) is 14.2 Å². The lowest BCUT2D eigenvalue weighted by atomic mass is 10.2. The van der Waals surface area contributed by atoms with E-state index in [4.69, 9.17) is 22.1 Å². The highest BCUT2D eigenvalue weighted by atomic mass is 79.9. The van der Waals surface area contributed by atoms with Crippen molar-refractivity contribution in [2.45, 2.75) is 50.9 Å². The normalized spacial score (nSPS) is 17.3. The molecule has 1 aromatic heterocycles. The number of aromatic nitrogens is 3. The smallest absolute Gasteiger partial charge is 0.199 e. The van der Waals surface area contributed by atoms with Crippen LogP contribution in [0.25, 0.3) is 0 Å². The molecule has 5 nitrogen and oxygen atoms in total. The first-order valence-electron chi connectivity index (χ1n) is 8.77. The van der Waals surface area contributed by atoms with E-state index in [2.05, 4.69) is 38.5 Å². The summed E-state index contributed by atoms with van der Waals surface area (Å²) in [6, 6.07) is 6.68. The molecule has 0 amide bonds. The van der Waals surface area contributed by atoms with Crippen LogP contribution in [0.2, 0.25) is 0 Å². The monoisotopic (exact) mass is 422 g/mol. The summed E-state index contributed by atoms with van der Waals surface area (Å²) in [5, 5.41) is 4.87. The number of hydrogen-bond acceptors (Lipinski definition) is 4. The molecule has 0 saturated heterocycles. The summed E-state index contributed by atoms with van der Waals surface area (Å²) in [7, 11) is 3.80. The predicted molar refractivity (Wildman–Crippen MR) is 103 cm³/mol. The Hall–Kier alpha value is -1.18. The van der Waals surface area contributed by atoms with Crippen molar-refractivity contribution in [3.63, 3.8) is 0 Å². The lowest BCUT2D eigenvalue weighted by molar-refractivity contribution is 0.240. The van der Waals surface area contributed by atoms with Gasteiger partial charge in [0, 0.05) is 28.5 Å². The highest BCUT2D eigenvalue weighted by Crippen LogP contribution is 2.44. The number of benzene rings is 1. The summed E-state index contributed by atoms with van der Waals surface area (Å²) >= 11 is 9.27. The molecule has 0 aliphatic heterocycles. The Morgan fingerprint density at radius 1 is 1.32 bits per heavy atom. The van der Waals surface area contributed by atoms with Crippen LogP contribution >= 0.6 is 28.1 Å². The highest BCUT2D eigenvalue weighted by Gasteiger charge is 2.35. The molecule has 7 heteroatoms. The van der Waals surface area contributed by atoms with Gasteiger partial charge in [0.1, 0.15) is 11.6 Å². The first-order chi connectivity index (χ1) is 12.1. The number of hydrogen-bond donors (Lipinski definition) is 0. The average Bonchev–Trinajstić information content (AvgIpc) is 3.47. The Bertz CT molecular complexity index is 838. The zero-order valence-electron chi connectivity index (χ0n) is 14.6. The van der Waals surface area contributed by atoms with Crippen molar-refractivity contribution in [1.29, 1.82) is 0 Å². The highest BCUT2D eigenvalue weighted by molar-refractivity contribution is 9.10. The molecule has 2 fully saturated rings. The van der Waals surface area contributed by atoms with E-state index >= 15 is 0 Å². The molecular weight excluding hydrogens is 400 g/mol. The minimum absolute atomic E-state index is 0.590. The summed E-state index contributed by atoms with van der Waals surface area (Å²) in [6.07, 6.45) is 4.99. The minimum atomic E-state index is 0.590. The predicted octanol–water partition coefficient (Wildman–Crippen LogP) is 4.49. The molecule has 0 N–H and O–H groups in total. The maximum Gasteiger partial charge on any atom is 0.199 e. The second-order valence-corrected chi connectivity index (χ2v) is 8.41. The Morgan fingerprint density at radius 2 is 2.08 bits per heavy atom. The molecule has 2 aliphatic carbocycles. The summed E-state index contributed by atoms with van der Waals surface area (Å²) in [6.45, 7) is 1.47. The third kappa shape index (κ3) is 3.68. The summed E-state index contributed by atoms with van der Waals surface area (Å²) in [5.41, 5.74) is 1.15. The van der Waals surface area contributed by atoms with Crippen LogP contribution < -0.4 is 4.74 Å². The van der Waals surface area contributed by atoms with Crippen molar-refractivity contribution < 1.29 is 4.74 Å². The number of halogens is 1. The van der Waals surface area contributed by atoms with Crippen LogP contribution in [0, 0.1) is 4.77 Å². The molecule has 134 valence electrons. The number of ether oxygens (including phenoxy) is 1. The molecule has 1 heterocycles. The molecule has 0 unspecified atom stereocenters. The molecule has 2 saturated carbocycles. The first kappa shape index (κ1) is 17.2. The van der Waals surface area contributed by atoms with Crippen LogP contribution in [0.3, 0.4) is 0 Å². The molecule has 2 aromatic rings. The van der Waals surface area contributed by atoms with E-state index in [9.17, 15) is 0 Å². The van der Waals surface area contributed by atoms with Crippen molar-refractivity contribution in [2.24, 2.45) is 0 Å². The Morgan fingerprint density at radius 3 is 2.72 bits per heavy atom. The van der Waals surface area contributed by atoms with Crippen LogP contribution in [0.5, 0.6) is 5.75 Å². The van der Waals surface area contributed by atoms with Crippen LogP contribution in [0.15, 0.2) is 22.7 Å². The molecule has 2 aliphatic rings. The van der Waals surface area contributed by atoms with Gasteiger partial charge in [-0.25, -0.2) is 4.68 Å². The topological polar surface area (TPSA) is 35.2 Å². The SMILES string of the molecule is COc1ccc(Br)cc1CN(C)Cn1nc(C2CC2)n(C2CC2)c1=S. The number of nitrogens with zero attached hydrogens (tertiary/aromatic N) is 4. The lowest BCUT2D eigenvalue weighted by Crippen LogP contribution is -2.23. The fraction of sp³-hybridized carbons (Fsp3) is 0.556. The quantitative estimate of drug-likeness (QED) is 0.615. The molecule has 1 aromatic carbocycles. The van der Waals surface area contributed by atoms with E-state index in [-0.39, 0.29) is 0 Å². The standard InChI is InChI=1S/C18H23BrN4OS/c1-21(10-13-9-14(19)5-8-16(13)24-2)11-22-18(25)23(15-6-7-15)17(20-22)12-3-4-12/h5,8-9,12,15H,3-4,6-7,10-11H2,1-2H3. The lowest BCUT2D eigenvalue weighted by Gasteiger charge is -2.18. The van der Waals surface area contributed by atoms with Gasteiger partial charge in [-0.2, -0.15) is 5.10 Å². The van der Waals surface area contributed by atoms with Crippen molar-refractivity contribution >= 4 is 28.1 Å². The Labute approximate surface area is 161 Å². The van der Waals surface area contributed by atoms with E-state index in [0.29, 0.717) is 18.6 Å². The molecule has 0 radical (unpaired) electrons. The van der Waals surface area contributed by atoms with Gasteiger partial charge in [-0.1, -0.05) is 15.9 Å². The van der Waals surface area contributed by atoms with Gasteiger partial charge in [-0.15, -0.1) is 0 Å². The second kappa shape index (κ2) is 6.85. The van der Waals surface area contributed by atoms with Crippen LogP contribution in [-0.2, 0) is 13.2 Å². The van der Waals surface area contributed by atoms with E-state index in [1.165, 1.54) is 31.5 Å². The number of methoxy groups -OCH3 is 1. The molecule has 0 bridgehead atoms. The minimum Gasteiger partial charge on any atom is -0.496 e. The maximum atomic E-state index is 5.73. The van der Waals surface area contributed by atoms with E-state index < -0.39 is 0 Å². The molecule has 0 spiro atoms. The zero-order valence-corrected chi connectivity index (χ0v) is 17.0. The molecule has 0 atom stereocenters.